The van der Waals surface area contributed by atoms with Crippen molar-refractivity contribution in [2.75, 3.05) is 30.5 Å². The molecule has 4 nitrogen and oxygen atoms in total. The molecular formula is C27H42N2O2S. The number of anilines is 2. The molecule has 0 saturated heterocycles. The van der Waals surface area contributed by atoms with Crippen LogP contribution in [0.5, 0.6) is 0 Å². The Kier molecular flexibility index (Phi) is 11.3. The van der Waals surface area contributed by atoms with Crippen LogP contribution in [-0.2, 0) is 10.8 Å². The summed E-state index contributed by atoms with van der Waals surface area (Å²) in [5.41, 5.74) is 9.78. The highest BCUT2D eigenvalue weighted by molar-refractivity contribution is 7.85. The first kappa shape index (κ1) is 26.4. The molecule has 0 heterocycles. The molecule has 32 heavy (non-hydrogen) atoms. The van der Waals surface area contributed by atoms with Gasteiger partial charge in [-0.2, -0.15) is 0 Å². The van der Waals surface area contributed by atoms with Gasteiger partial charge in [-0.05, 0) is 54.3 Å². The van der Waals surface area contributed by atoms with Crippen LogP contribution in [0.4, 0.5) is 11.4 Å². The van der Waals surface area contributed by atoms with E-state index in [1.807, 2.05) is 50.5 Å². The average molecular weight is 459 g/mol. The molecule has 0 amide bonds. The smallest absolute Gasteiger partial charge is 0.0649 e. The lowest BCUT2D eigenvalue weighted by atomic mass is 9.84. The van der Waals surface area contributed by atoms with Crippen molar-refractivity contribution in [3.63, 3.8) is 0 Å². The van der Waals surface area contributed by atoms with Crippen LogP contribution in [0.2, 0.25) is 0 Å². The Morgan fingerprint density at radius 2 is 1.69 bits per heavy atom. The highest BCUT2D eigenvalue weighted by atomic mass is 32.2. The third-order valence-electron chi connectivity index (χ3n) is 6.03. The zero-order valence-electron chi connectivity index (χ0n) is 20.3. The molecule has 5 heteroatoms. The topological polar surface area (TPSA) is 66.6 Å². The largest absolute Gasteiger partial charge is 0.399 e. The average Bonchev–Trinajstić information content (AvgIpc) is 2.77. The van der Waals surface area contributed by atoms with E-state index in [1.165, 1.54) is 6.42 Å². The second kappa shape index (κ2) is 13.6. The fraction of sp³-hybridized carbons (Fsp3) is 0.556. The predicted octanol–water partition coefficient (Wildman–Crippen LogP) is 6.10. The molecule has 178 valence electrons. The van der Waals surface area contributed by atoms with Gasteiger partial charge in [0.1, 0.15) is 0 Å². The van der Waals surface area contributed by atoms with Gasteiger partial charge in [0.2, 0.25) is 0 Å². The van der Waals surface area contributed by atoms with Crippen LogP contribution in [0.1, 0.15) is 82.3 Å². The molecule has 3 atom stereocenters. The van der Waals surface area contributed by atoms with Gasteiger partial charge < -0.3 is 15.7 Å². The molecule has 2 rings (SSSR count). The molecule has 1 unspecified atom stereocenters. The molecule has 0 radical (unpaired) electrons. The number of hydrogen-bond donors (Lipinski definition) is 2. The molecule has 0 saturated carbocycles. The summed E-state index contributed by atoms with van der Waals surface area (Å²) < 4.78 is 13.4. The van der Waals surface area contributed by atoms with E-state index in [4.69, 9.17) is 5.73 Å². The van der Waals surface area contributed by atoms with Gasteiger partial charge in [0, 0.05) is 42.0 Å². The van der Waals surface area contributed by atoms with Crippen LogP contribution < -0.4 is 10.6 Å². The fourth-order valence-corrected chi connectivity index (χ4v) is 5.52. The number of nitrogen functional groups attached to an aromatic ring is 1. The predicted molar refractivity (Wildman–Crippen MR) is 139 cm³/mol. The van der Waals surface area contributed by atoms with Gasteiger partial charge in [0.15, 0.2) is 0 Å². The van der Waals surface area contributed by atoms with Gasteiger partial charge in [-0.15, -0.1) is 0 Å². The molecule has 0 fully saturated rings. The number of rotatable bonds is 14. The van der Waals surface area contributed by atoms with Crippen molar-refractivity contribution in [1.82, 2.24) is 0 Å². The number of aliphatic hydroxyl groups excluding tert-OH is 1. The van der Waals surface area contributed by atoms with Crippen molar-refractivity contribution in [3.8, 4) is 0 Å². The highest BCUT2D eigenvalue weighted by Crippen LogP contribution is 2.37. The Balaban J connectivity index is 2.50. The van der Waals surface area contributed by atoms with E-state index >= 15 is 0 Å². The van der Waals surface area contributed by atoms with Crippen molar-refractivity contribution in [3.05, 3.63) is 53.6 Å². The molecule has 2 aromatic rings. The quantitative estimate of drug-likeness (QED) is 0.265. The zero-order valence-corrected chi connectivity index (χ0v) is 21.2. The van der Waals surface area contributed by atoms with E-state index in [-0.39, 0.29) is 5.92 Å². The third-order valence-corrected chi connectivity index (χ3v) is 7.55. The standard InChI is InChI=1S/C27H42N2O2S/c1-5-7-9-11-18-32(31)26-17-16-23(29(3)4)20-24(26)27(25(30)15-10-8-6-2)21-13-12-14-22(28)19-21/h12-14,16-17,19-20,25,27,30H,5-11,15,18,28H2,1-4H3/t25-,27+,32?/m0/s1. The van der Waals surface area contributed by atoms with Crippen LogP contribution in [0.3, 0.4) is 0 Å². The summed E-state index contributed by atoms with van der Waals surface area (Å²) in [4.78, 5) is 2.89. The van der Waals surface area contributed by atoms with Gasteiger partial charge in [0.25, 0.3) is 0 Å². The van der Waals surface area contributed by atoms with E-state index < -0.39 is 16.9 Å². The minimum Gasteiger partial charge on any atom is -0.399 e. The molecule has 0 spiro atoms. The van der Waals surface area contributed by atoms with Gasteiger partial charge in [0.05, 0.1) is 16.9 Å². The third kappa shape index (κ3) is 7.63. The summed E-state index contributed by atoms with van der Waals surface area (Å²) in [5.74, 6) is 0.397. The van der Waals surface area contributed by atoms with Gasteiger partial charge in [-0.1, -0.05) is 64.5 Å². The Morgan fingerprint density at radius 3 is 2.34 bits per heavy atom. The zero-order chi connectivity index (χ0) is 23.5. The molecule has 0 bridgehead atoms. The Bertz CT molecular complexity index is 853. The molecule has 0 aliphatic carbocycles. The van der Waals surface area contributed by atoms with Crippen LogP contribution in [-0.4, -0.2) is 35.3 Å². The minimum atomic E-state index is -1.10. The van der Waals surface area contributed by atoms with Crippen molar-refractivity contribution in [1.29, 1.82) is 0 Å². The van der Waals surface area contributed by atoms with Crippen LogP contribution in [0.15, 0.2) is 47.4 Å². The van der Waals surface area contributed by atoms with Crippen LogP contribution in [0, 0.1) is 0 Å². The summed E-state index contributed by atoms with van der Waals surface area (Å²) in [6.45, 7) is 4.35. The molecule has 0 aliphatic heterocycles. The van der Waals surface area contributed by atoms with E-state index in [0.717, 1.165) is 60.2 Å². The first-order valence-electron chi connectivity index (χ1n) is 12.1. The SMILES string of the molecule is CCCCCCS(=O)c1ccc(N(C)C)cc1[C@@H](c1cccc(N)c1)[C@@H](O)CCCCC. The maximum Gasteiger partial charge on any atom is 0.0649 e. The van der Waals surface area contributed by atoms with Gasteiger partial charge in [-0.3, -0.25) is 4.21 Å². The van der Waals surface area contributed by atoms with Crippen molar-refractivity contribution < 1.29 is 9.32 Å². The normalized spacial score (nSPS) is 14.2. The maximum atomic E-state index is 13.4. The Labute approximate surface area is 197 Å². The van der Waals surface area contributed by atoms with E-state index in [0.29, 0.717) is 17.9 Å². The highest BCUT2D eigenvalue weighted by Gasteiger charge is 2.27. The summed E-state index contributed by atoms with van der Waals surface area (Å²) in [5, 5.41) is 11.4. The second-order valence-electron chi connectivity index (χ2n) is 8.94. The summed E-state index contributed by atoms with van der Waals surface area (Å²) in [7, 11) is 2.91. The molecular weight excluding hydrogens is 416 g/mol. The number of aliphatic hydroxyl groups is 1. The Hall–Kier alpha value is -1.85. The number of nitrogens with two attached hydrogens (primary N) is 1. The lowest BCUT2D eigenvalue weighted by molar-refractivity contribution is 0.142. The lowest BCUT2D eigenvalue weighted by Crippen LogP contribution is -2.22. The number of nitrogens with zero attached hydrogens (tertiary/aromatic N) is 1. The van der Waals surface area contributed by atoms with Crippen molar-refractivity contribution >= 4 is 22.2 Å². The van der Waals surface area contributed by atoms with Crippen LogP contribution in [0.25, 0.3) is 0 Å². The molecule has 0 aromatic heterocycles. The van der Waals surface area contributed by atoms with E-state index in [1.54, 1.807) is 0 Å². The second-order valence-corrected chi connectivity index (χ2v) is 10.5. The molecule has 2 aromatic carbocycles. The lowest BCUT2D eigenvalue weighted by Gasteiger charge is -2.28. The summed E-state index contributed by atoms with van der Waals surface area (Å²) in [6, 6.07) is 13.9. The number of hydrogen-bond acceptors (Lipinski definition) is 4. The molecule has 3 N–H and O–H groups in total. The van der Waals surface area contributed by atoms with E-state index in [2.05, 4.69) is 24.8 Å². The van der Waals surface area contributed by atoms with Crippen LogP contribution >= 0.6 is 0 Å². The molecule has 0 aliphatic rings. The number of unbranched alkanes of at least 4 members (excludes halogenated alkanes) is 5. The monoisotopic (exact) mass is 458 g/mol. The minimum absolute atomic E-state index is 0.259. The van der Waals surface area contributed by atoms with Crippen molar-refractivity contribution in [2.45, 2.75) is 82.1 Å². The van der Waals surface area contributed by atoms with Gasteiger partial charge in [-0.25, -0.2) is 0 Å². The summed E-state index contributed by atoms with van der Waals surface area (Å²) in [6.07, 6.45) is 7.72. The first-order chi connectivity index (χ1) is 15.4. The summed E-state index contributed by atoms with van der Waals surface area (Å²) >= 11 is 0. The van der Waals surface area contributed by atoms with E-state index in [9.17, 15) is 9.32 Å². The fourth-order valence-electron chi connectivity index (χ4n) is 4.17. The maximum absolute atomic E-state index is 13.4. The number of benzene rings is 2. The first-order valence-corrected chi connectivity index (χ1v) is 13.4. The van der Waals surface area contributed by atoms with Gasteiger partial charge >= 0.3 is 0 Å². The van der Waals surface area contributed by atoms with Crippen molar-refractivity contribution in [2.24, 2.45) is 0 Å². The Morgan fingerprint density at radius 1 is 0.969 bits per heavy atom.